The lowest BCUT2D eigenvalue weighted by molar-refractivity contribution is 0.0959. The van der Waals surface area contributed by atoms with Crippen molar-refractivity contribution in [2.75, 3.05) is 6.54 Å². The van der Waals surface area contributed by atoms with E-state index >= 15 is 0 Å². The Morgan fingerprint density at radius 2 is 1.71 bits per heavy atom. The van der Waals surface area contributed by atoms with Crippen LogP contribution in [0.4, 0.5) is 0 Å². The van der Waals surface area contributed by atoms with Crippen molar-refractivity contribution in [2.45, 2.75) is 0 Å². The van der Waals surface area contributed by atoms with E-state index in [-0.39, 0.29) is 18.0 Å². The number of amides is 1. The first kappa shape index (κ1) is 15.6. The lowest BCUT2D eigenvalue weighted by Crippen LogP contribution is -2.27. The summed E-state index contributed by atoms with van der Waals surface area (Å²) in [5, 5.41) is 3.96. The number of pyridine rings is 1. The predicted molar refractivity (Wildman–Crippen MR) is 94.8 cm³/mol. The normalized spacial score (nSPS) is 10.0. The van der Waals surface area contributed by atoms with Gasteiger partial charge in [-0.3, -0.25) is 9.59 Å². The third-order valence-electron chi connectivity index (χ3n) is 3.68. The zero-order valence-corrected chi connectivity index (χ0v) is 13.2. The summed E-state index contributed by atoms with van der Waals surface area (Å²) in [4.78, 5) is 24.6. The number of fused-ring (bicyclic) bond motifs is 1. The van der Waals surface area contributed by atoms with Crippen LogP contribution in [-0.4, -0.2) is 17.0 Å². The molecule has 1 N–H and O–H groups in total. The van der Waals surface area contributed by atoms with Crippen molar-refractivity contribution >= 4 is 16.7 Å². The highest BCUT2D eigenvalue weighted by Crippen LogP contribution is 2.14. The van der Waals surface area contributed by atoms with Crippen molar-refractivity contribution < 1.29 is 4.79 Å². The Morgan fingerprint density at radius 1 is 1.04 bits per heavy atom. The number of nitrogens with zero attached hydrogens (tertiary/aromatic N) is 1. The van der Waals surface area contributed by atoms with Gasteiger partial charge < -0.3 is 9.88 Å². The number of hydrogen-bond donors (Lipinski definition) is 1. The fourth-order valence-corrected chi connectivity index (χ4v) is 2.48. The van der Waals surface area contributed by atoms with Crippen molar-refractivity contribution in [1.29, 1.82) is 0 Å². The SMILES string of the molecule is Cn1cc(C(=O)NCC#Cc2ccccc2)c2ccccc2c1=O. The summed E-state index contributed by atoms with van der Waals surface area (Å²) < 4.78 is 1.42. The van der Waals surface area contributed by atoms with Gasteiger partial charge in [-0.25, -0.2) is 0 Å². The molecule has 4 heteroatoms. The second-order valence-corrected chi connectivity index (χ2v) is 5.35. The number of aromatic nitrogens is 1. The van der Waals surface area contributed by atoms with Gasteiger partial charge in [-0.2, -0.15) is 0 Å². The monoisotopic (exact) mass is 316 g/mol. The standard InChI is InChI=1S/C20H16N2O2/c1-22-14-18(16-11-5-6-12-17(16)20(22)24)19(23)21-13-7-10-15-8-3-2-4-9-15/h2-6,8-9,11-12,14H,13H2,1H3,(H,21,23). The highest BCUT2D eigenvalue weighted by molar-refractivity contribution is 6.06. The van der Waals surface area contributed by atoms with Crippen LogP contribution in [-0.2, 0) is 7.05 Å². The summed E-state index contributed by atoms with van der Waals surface area (Å²) in [6.07, 6.45) is 1.56. The smallest absolute Gasteiger partial charge is 0.258 e. The Labute approximate surface area is 139 Å². The zero-order valence-electron chi connectivity index (χ0n) is 13.2. The molecule has 0 aliphatic heterocycles. The van der Waals surface area contributed by atoms with Gasteiger partial charge in [-0.05, 0) is 18.2 Å². The lowest BCUT2D eigenvalue weighted by atomic mass is 10.1. The first-order chi connectivity index (χ1) is 11.7. The largest absolute Gasteiger partial charge is 0.341 e. The van der Waals surface area contributed by atoms with E-state index in [1.165, 1.54) is 4.57 Å². The molecule has 118 valence electrons. The summed E-state index contributed by atoms with van der Waals surface area (Å²) in [5.74, 6) is 5.67. The number of nitrogens with one attached hydrogen (secondary N) is 1. The van der Waals surface area contributed by atoms with Crippen LogP contribution in [0.15, 0.2) is 65.6 Å². The molecule has 0 aliphatic carbocycles. The molecular weight excluding hydrogens is 300 g/mol. The molecule has 2 aromatic carbocycles. The summed E-state index contributed by atoms with van der Waals surface area (Å²) in [6.45, 7) is 0.241. The number of carbonyl (C=O) groups is 1. The molecule has 0 saturated carbocycles. The van der Waals surface area contributed by atoms with Crippen LogP contribution < -0.4 is 10.9 Å². The minimum Gasteiger partial charge on any atom is -0.341 e. The number of hydrogen-bond acceptors (Lipinski definition) is 2. The minimum absolute atomic E-state index is 0.119. The van der Waals surface area contributed by atoms with Crippen LogP contribution in [0.1, 0.15) is 15.9 Å². The maximum absolute atomic E-state index is 12.4. The molecule has 0 atom stereocenters. The molecule has 0 radical (unpaired) electrons. The molecule has 3 aromatic rings. The van der Waals surface area contributed by atoms with E-state index in [1.807, 2.05) is 36.4 Å². The van der Waals surface area contributed by atoms with E-state index in [0.29, 0.717) is 16.3 Å². The lowest BCUT2D eigenvalue weighted by Gasteiger charge is -2.08. The highest BCUT2D eigenvalue weighted by Gasteiger charge is 2.12. The molecule has 3 rings (SSSR count). The van der Waals surface area contributed by atoms with Crippen LogP contribution in [0, 0.1) is 11.8 Å². The van der Waals surface area contributed by atoms with Crippen molar-refractivity contribution in [1.82, 2.24) is 9.88 Å². The van der Waals surface area contributed by atoms with Gasteiger partial charge in [0.15, 0.2) is 0 Å². The van der Waals surface area contributed by atoms with E-state index in [0.717, 1.165) is 5.56 Å². The maximum Gasteiger partial charge on any atom is 0.258 e. The molecule has 24 heavy (non-hydrogen) atoms. The third-order valence-corrected chi connectivity index (χ3v) is 3.68. The summed E-state index contributed by atoms with van der Waals surface area (Å²) in [7, 11) is 1.64. The van der Waals surface area contributed by atoms with Crippen LogP contribution in [0.3, 0.4) is 0 Å². The first-order valence-corrected chi connectivity index (χ1v) is 7.57. The van der Waals surface area contributed by atoms with Gasteiger partial charge in [-0.15, -0.1) is 0 Å². The van der Waals surface area contributed by atoms with Crippen LogP contribution in [0.2, 0.25) is 0 Å². The third kappa shape index (κ3) is 3.21. The fourth-order valence-electron chi connectivity index (χ4n) is 2.48. The average molecular weight is 316 g/mol. The number of rotatable bonds is 2. The Hall–Kier alpha value is -3.32. The van der Waals surface area contributed by atoms with Crippen LogP contribution in [0.25, 0.3) is 10.8 Å². The summed E-state index contributed by atoms with van der Waals surface area (Å²) in [5.41, 5.74) is 1.25. The molecule has 1 aromatic heterocycles. The van der Waals surface area contributed by atoms with E-state index in [1.54, 1.807) is 31.4 Å². The van der Waals surface area contributed by atoms with E-state index < -0.39 is 0 Å². The van der Waals surface area contributed by atoms with Gasteiger partial charge in [0, 0.05) is 29.6 Å². The molecule has 0 fully saturated rings. The van der Waals surface area contributed by atoms with Gasteiger partial charge in [0.2, 0.25) is 0 Å². The Balaban J connectivity index is 1.81. The van der Waals surface area contributed by atoms with Gasteiger partial charge in [-0.1, -0.05) is 48.2 Å². The van der Waals surface area contributed by atoms with Crippen molar-refractivity contribution in [3.8, 4) is 11.8 Å². The predicted octanol–water partition coefficient (Wildman–Crippen LogP) is 2.32. The summed E-state index contributed by atoms with van der Waals surface area (Å²) in [6, 6.07) is 16.7. The Morgan fingerprint density at radius 3 is 2.46 bits per heavy atom. The highest BCUT2D eigenvalue weighted by atomic mass is 16.2. The molecule has 0 unspecified atom stereocenters. The first-order valence-electron chi connectivity index (χ1n) is 7.57. The molecule has 4 nitrogen and oxygen atoms in total. The molecule has 1 heterocycles. The number of benzene rings is 2. The van der Waals surface area contributed by atoms with Crippen molar-refractivity contribution in [2.24, 2.45) is 7.05 Å². The van der Waals surface area contributed by atoms with Crippen molar-refractivity contribution in [3.63, 3.8) is 0 Å². The summed E-state index contributed by atoms with van der Waals surface area (Å²) >= 11 is 0. The maximum atomic E-state index is 12.4. The number of carbonyl (C=O) groups excluding carboxylic acids is 1. The average Bonchev–Trinajstić information content (AvgIpc) is 2.62. The zero-order chi connectivity index (χ0) is 16.9. The van der Waals surface area contributed by atoms with Crippen LogP contribution in [0.5, 0.6) is 0 Å². The van der Waals surface area contributed by atoms with Crippen molar-refractivity contribution in [3.05, 3.63) is 82.3 Å². The quantitative estimate of drug-likeness (QED) is 0.738. The molecule has 0 aliphatic rings. The second-order valence-electron chi connectivity index (χ2n) is 5.35. The molecule has 0 bridgehead atoms. The topological polar surface area (TPSA) is 51.1 Å². The van der Waals surface area contributed by atoms with E-state index in [4.69, 9.17) is 0 Å². The van der Waals surface area contributed by atoms with Gasteiger partial charge in [0.25, 0.3) is 11.5 Å². The minimum atomic E-state index is -0.246. The molecular formula is C20H16N2O2. The van der Waals surface area contributed by atoms with Gasteiger partial charge >= 0.3 is 0 Å². The molecule has 1 amide bonds. The Bertz CT molecular complexity index is 1010. The second kappa shape index (κ2) is 6.84. The molecule has 0 saturated heterocycles. The van der Waals surface area contributed by atoms with Gasteiger partial charge in [0.05, 0.1) is 12.1 Å². The van der Waals surface area contributed by atoms with E-state index in [2.05, 4.69) is 17.2 Å². The Kier molecular flexibility index (Phi) is 4.44. The van der Waals surface area contributed by atoms with Gasteiger partial charge in [0.1, 0.15) is 0 Å². The van der Waals surface area contributed by atoms with Crippen LogP contribution >= 0.6 is 0 Å². The molecule has 0 spiro atoms. The van der Waals surface area contributed by atoms with E-state index in [9.17, 15) is 9.59 Å². The fraction of sp³-hybridized carbons (Fsp3) is 0.100. The number of aryl methyl sites for hydroxylation is 1.